The molecular formula is C68H54F6N8O10. The van der Waals surface area contributed by atoms with Gasteiger partial charge in [0.2, 0.25) is 0 Å². The highest BCUT2D eigenvalue weighted by Gasteiger charge is 2.35. The molecule has 10 aromatic rings. The first-order chi connectivity index (χ1) is 44.5. The molecule has 2 N–H and O–H groups in total. The van der Waals surface area contributed by atoms with Crippen LogP contribution in [0.3, 0.4) is 0 Å². The van der Waals surface area contributed by atoms with E-state index in [-0.39, 0.29) is 107 Å². The van der Waals surface area contributed by atoms with E-state index in [2.05, 4.69) is 19.9 Å². The molecule has 4 atom stereocenters. The van der Waals surface area contributed by atoms with Crippen LogP contribution in [0, 0.1) is 69.4 Å². The van der Waals surface area contributed by atoms with Gasteiger partial charge in [0, 0.05) is 50.0 Å². The van der Waals surface area contributed by atoms with Gasteiger partial charge in [-0.2, -0.15) is 10.5 Å². The molecule has 18 nitrogen and oxygen atoms in total. The standard InChI is InChI=1S/2C34H27F3N4O5/c2*1-44-16-23-17-45-18-31(23)41-30-11-21(34(42)43)6-8-29(30)39-32(41)12-22-10-27(37)24(13-26(22)36)28-9-7-25(35)33(40-28)46-15-20-4-2-19(14-38)3-5-20/h2*2-11,13,23,31H,12,15-18H2,1H3,(H,42,43)/t2*23-,31+/m00/s1. The summed E-state index contributed by atoms with van der Waals surface area (Å²) in [6.45, 7) is 2.10. The van der Waals surface area contributed by atoms with Gasteiger partial charge in [-0.15, -0.1) is 0 Å². The van der Waals surface area contributed by atoms with Crippen molar-refractivity contribution in [2.45, 2.75) is 38.1 Å². The van der Waals surface area contributed by atoms with Crippen LogP contribution in [0.1, 0.15) is 77.8 Å². The van der Waals surface area contributed by atoms with Crippen molar-refractivity contribution in [1.82, 2.24) is 29.1 Å². The van der Waals surface area contributed by atoms with Crippen molar-refractivity contribution in [3.63, 3.8) is 0 Å². The fourth-order valence-electron chi connectivity index (χ4n) is 11.2. The number of benzene rings is 6. The number of carbonyl (C=O) groups is 2. The molecule has 12 rings (SSSR count). The summed E-state index contributed by atoms with van der Waals surface area (Å²) < 4.78 is 128. The summed E-state index contributed by atoms with van der Waals surface area (Å²) in [7, 11) is 3.15. The number of nitrogens with zero attached hydrogens (tertiary/aromatic N) is 8. The Balaban J connectivity index is 0.000000188. The van der Waals surface area contributed by atoms with E-state index in [9.17, 15) is 28.6 Å². The van der Waals surface area contributed by atoms with E-state index < -0.39 is 46.8 Å². The fraction of sp³-hybridized carbons (Fsp3) is 0.235. The summed E-state index contributed by atoms with van der Waals surface area (Å²) in [5.74, 6) is -6.91. The van der Waals surface area contributed by atoms with Crippen molar-refractivity contribution in [3.8, 4) is 46.4 Å². The third-order valence-electron chi connectivity index (χ3n) is 15.8. The summed E-state index contributed by atoms with van der Waals surface area (Å²) >= 11 is 0. The molecule has 2 fully saturated rings. The highest BCUT2D eigenvalue weighted by molar-refractivity contribution is 5.93. The van der Waals surface area contributed by atoms with Crippen LogP contribution in [0.4, 0.5) is 26.3 Å². The van der Waals surface area contributed by atoms with Crippen molar-refractivity contribution < 1.29 is 74.6 Å². The number of carboxylic acids is 2. The number of pyridine rings is 2. The Kier molecular flexibility index (Phi) is 19.0. The van der Waals surface area contributed by atoms with E-state index in [1.165, 1.54) is 36.4 Å². The third-order valence-corrected chi connectivity index (χ3v) is 15.8. The van der Waals surface area contributed by atoms with Gasteiger partial charge in [-0.05, 0) is 131 Å². The largest absolute Gasteiger partial charge is 0.478 e. The van der Waals surface area contributed by atoms with E-state index in [4.69, 9.17) is 38.9 Å². The number of imidazole rings is 2. The first kappa shape index (κ1) is 63.1. The molecule has 0 amide bonds. The number of nitriles is 2. The fourth-order valence-corrected chi connectivity index (χ4v) is 11.2. The molecule has 6 aromatic carbocycles. The van der Waals surface area contributed by atoms with Gasteiger partial charge in [0.05, 0.1) is 120 Å². The normalized spacial score (nSPS) is 16.1. The molecule has 2 aliphatic rings. The van der Waals surface area contributed by atoms with Gasteiger partial charge in [-0.25, -0.2) is 55.9 Å². The molecule has 0 unspecified atom stereocenters. The number of hydrogen-bond donors (Lipinski definition) is 2. The smallest absolute Gasteiger partial charge is 0.335 e. The summed E-state index contributed by atoms with van der Waals surface area (Å²) in [5, 5.41) is 37.1. The number of aromatic carboxylic acids is 2. The first-order valence-electron chi connectivity index (χ1n) is 28.7. The van der Waals surface area contributed by atoms with E-state index >= 15 is 17.6 Å². The maximum atomic E-state index is 15.7. The van der Waals surface area contributed by atoms with Crippen molar-refractivity contribution in [2.75, 3.05) is 53.9 Å². The molecule has 6 heterocycles. The van der Waals surface area contributed by atoms with Crippen molar-refractivity contribution in [2.24, 2.45) is 11.8 Å². The van der Waals surface area contributed by atoms with Gasteiger partial charge in [-0.1, -0.05) is 24.3 Å². The molecule has 0 radical (unpaired) electrons. The minimum atomic E-state index is -1.10. The predicted molar refractivity (Wildman–Crippen MR) is 320 cm³/mol. The molecule has 0 saturated carbocycles. The molecule has 0 spiro atoms. The molecule has 0 bridgehead atoms. The average Bonchev–Trinajstić information content (AvgIpc) is 1.62. The minimum Gasteiger partial charge on any atom is -0.478 e. The lowest BCUT2D eigenvalue weighted by Crippen LogP contribution is -2.23. The lowest BCUT2D eigenvalue weighted by Gasteiger charge is -2.22. The monoisotopic (exact) mass is 1260 g/mol. The second kappa shape index (κ2) is 27.7. The van der Waals surface area contributed by atoms with Gasteiger partial charge in [0.1, 0.15) is 48.1 Å². The Bertz CT molecular complexity index is 4230. The summed E-state index contributed by atoms with van der Waals surface area (Å²) in [4.78, 5) is 41.0. The zero-order valence-corrected chi connectivity index (χ0v) is 49.1. The number of ether oxygens (including phenoxy) is 6. The number of fused-ring (bicyclic) bond motifs is 2. The van der Waals surface area contributed by atoms with Gasteiger partial charge in [0.15, 0.2) is 11.6 Å². The summed E-state index contributed by atoms with van der Waals surface area (Å²) in [6, 6.07) is 34.3. The average molecular weight is 1260 g/mol. The van der Waals surface area contributed by atoms with Crippen molar-refractivity contribution >= 4 is 34.0 Å². The van der Waals surface area contributed by atoms with E-state index in [1.54, 1.807) is 74.9 Å². The third kappa shape index (κ3) is 13.6. The topological polar surface area (TPSA) is 239 Å². The van der Waals surface area contributed by atoms with Crippen LogP contribution in [0.15, 0.2) is 133 Å². The zero-order valence-electron chi connectivity index (χ0n) is 49.1. The van der Waals surface area contributed by atoms with Crippen molar-refractivity contribution in [3.05, 3.63) is 225 Å². The highest BCUT2D eigenvalue weighted by atomic mass is 19.1. The first-order valence-corrected chi connectivity index (χ1v) is 28.7. The summed E-state index contributed by atoms with van der Waals surface area (Å²) in [5.41, 5.74) is 4.05. The van der Waals surface area contributed by atoms with Crippen LogP contribution in [-0.2, 0) is 45.0 Å². The highest BCUT2D eigenvalue weighted by Crippen LogP contribution is 2.37. The molecule has 92 heavy (non-hydrogen) atoms. The second-order valence-corrected chi connectivity index (χ2v) is 21.8. The van der Waals surface area contributed by atoms with E-state index in [1.807, 2.05) is 21.3 Å². The Morgan fingerprint density at radius 2 is 0.913 bits per heavy atom. The number of carboxylic acid groups (broad SMARTS) is 2. The number of halogens is 6. The van der Waals surface area contributed by atoms with Crippen LogP contribution in [-0.4, -0.2) is 105 Å². The van der Waals surface area contributed by atoms with Crippen LogP contribution in [0.2, 0.25) is 0 Å². The number of rotatable bonds is 20. The molecule has 468 valence electrons. The zero-order chi connectivity index (χ0) is 64.7. The Morgan fingerprint density at radius 1 is 0.511 bits per heavy atom. The van der Waals surface area contributed by atoms with E-state index in [0.29, 0.717) is 95.6 Å². The molecule has 0 aliphatic carbocycles. The maximum absolute atomic E-state index is 15.7. The SMILES string of the molecule is COC[C@H]1COC[C@H]1n1c(Cc2cc(F)c(-c3ccc(F)c(OCc4ccc(C#N)cc4)n3)cc2F)nc2ccc(C(=O)O)cc21.COC[C@H]1COC[C@H]1n1c(Cc2cc(F)c(-c3ccc(F)c(OCc4ccc(C#N)cc4)n3)cc2F)nc2ccc(C(=O)O)cc21. The van der Waals surface area contributed by atoms with Gasteiger partial charge >= 0.3 is 11.9 Å². The number of aromatic nitrogens is 6. The summed E-state index contributed by atoms with van der Waals surface area (Å²) in [6.07, 6.45) is -0.210. The van der Waals surface area contributed by atoms with Crippen LogP contribution >= 0.6 is 0 Å². The number of hydrogen-bond acceptors (Lipinski definition) is 14. The molecule has 24 heteroatoms. The molecular weight excluding hydrogens is 1200 g/mol. The quantitative estimate of drug-likeness (QED) is 0.0674. The van der Waals surface area contributed by atoms with Crippen LogP contribution in [0.25, 0.3) is 44.6 Å². The van der Waals surface area contributed by atoms with Crippen LogP contribution in [0.5, 0.6) is 11.8 Å². The molecule has 4 aromatic heterocycles. The lowest BCUT2D eigenvalue weighted by molar-refractivity contribution is 0.0686. The lowest BCUT2D eigenvalue weighted by atomic mass is 10.0. The predicted octanol–water partition coefficient (Wildman–Crippen LogP) is 12.2. The Labute approximate surface area is 521 Å². The van der Waals surface area contributed by atoms with Gasteiger partial charge < -0.3 is 47.8 Å². The van der Waals surface area contributed by atoms with E-state index in [0.717, 1.165) is 36.4 Å². The molecule has 2 aliphatic heterocycles. The molecule has 2 saturated heterocycles. The van der Waals surface area contributed by atoms with Gasteiger partial charge in [0.25, 0.3) is 11.8 Å². The Morgan fingerprint density at radius 3 is 1.28 bits per heavy atom. The maximum Gasteiger partial charge on any atom is 0.335 e. The van der Waals surface area contributed by atoms with Crippen molar-refractivity contribution in [1.29, 1.82) is 10.5 Å². The number of methoxy groups -OCH3 is 2. The van der Waals surface area contributed by atoms with Crippen LogP contribution < -0.4 is 9.47 Å². The van der Waals surface area contributed by atoms with Gasteiger partial charge in [-0.3, -0.25) is 0 Å². The Hall–Kier alpha value is -10.5. The second-order valence-electron chi connectivity index (χ2n) is 21.8. The minimum absolute atomic E-state index is 0.0119.